The fourth-order valence-corrected chi connectivity index (χ4v) is 5.11. The molecule has 0 heterocycles. The second kappa shape index (κ2) is 7.66. The van der Waals surface area contributed by atoms with E-state index in [0.717, 1.165) is 38.2 Å². The molecule has 2 atom stereocenters. The average molecular weight is 388 g/mol. The van der Waals surface area contributed by atoms with Crippen molar-refractivity contribution in [2.45, 2.75) is 61.8 Å². The summed E-state index contributed by atoms with van der Waals surface area (Å²) in [6.07, 6.45) is 7.66. The van der Waals surface area contributed by atoms with E-state index < -0.39 is 19.7 Å². The van der Waals surface area contributed by atoms with Crippen LogP contribution in [0, 0.1) is 11.8 Å². The molecule has 1 aliphatic carbocycles. The minimum Gasteiger partial charge on any atom is -0.381 e. The highest BCUT2D eigenvalue weighted by atomic mass is 32.2. The molecule has 1 aromatic carbocycles. The van der Waals surface area contributed by atoms with Crippen molar-refractivity contribution in [3.05, 3.63) is 18.2 Å². The van der Waals surface area contributed by atoms with Gasteiger partial charge in [-0.15, -0.1) is 0 Å². The SMILES string of the molecule is CC(C)C1CCCC(Nc2ccc(S(C)(=O)=O)cc2S(C)(=O)=O)CC1. The maximum absolute atomic E-state index is 12.1. The molecule has 142 valence electrons. The van der Waals surface area contributed by atoms with Gasteiger partial charge in [0.25, 0.3) is 0 Å². The Kier molecular flexibility index (Phi) is 6.20. The molecule has 0 saturated heterocycles. The minimum absolute atomic E-state index is 0.0270. The second-order valence-corrected chi connectivity index (χ2v) is 11.6. The van der Waals surface area contributed by atoms with Crippen LogP contribution in [0.5, 0.6) is 0 Å². The van der Waals surface area contributed by atoms with Crippen LogP contribution in [0.25, 0.3) is 0 Å². The normalized spacial score (nSPS) is 22.6. The standard InChI is InChI=1S/C18H29NO4S2/c1-13(2)14-6-5-7-15(9-8-14)19-17-11-10-16(24(3,20)21)12-18(17)25(4,22)23/h10-15,19H,5-9H2,1-4H3. The van der Waals surface area contributed by atoms with Crippen LogP contribution < -0.4 is 5.32 Å². The Bertz CT molecular complexity index is 813. The molecule has 1 saturated carbocycles. The lowest BCUT2D eigenvalue weighted by atomic mass is 9.89. The van der Waals surface area contributed by atoms with Gasteiger partial charge >= 0.3 is 0 Å². The molecule has 1 aliphatic rings. The number of hydrogen-bond donors (Lipinski definition) is 1. The topological polar surface area (TPSA) is 80.3 Å². The van der Waals surface area contributed by atoms with Gasteiger partial charge in [-0.05, 0) is 49.3 Å². The van der Waals surface area contributed by atoms with Gasteiger partial charge in [0.15, 0.2) is 19.7 Å². The molecule has 2 rings (SSSR count). The van der Waals surface area contributed by atoms with Crippen molar-refractivity contribution in [3.8, 4) is 0 Å². The smallest absolute Gasteiger partial charge is 0.177 e. The van der Waals surface area contributed by atoms with Crippen molar-refractivity contribution in [2.75, 3.05) is 17.8 Å². The van der Waals surface area contributed by atoms with Gasteiger partial charge in [-0.3, -0.25) is 0 Å². The van der Waals surface area contributed by atoms with E-state index in [4.69, 9.17) is 0 Å². The zero-order chi connectivity index (χ0) is 18.8. The van der Waals surface area contributed by atoms with Gasteiger partial charge in [0.05, 0.1) is 15.5 Å². The van der Waals surface area contributed by atoms with Crippen molar-refractivity contribution in [1.82, 2.24) is 0 Å². The van der Waals surface area contributed by atoms with E-state index in [1.165, 1.54) is 18.6 Å². The molecule has 7 heteroatoms. The molecule has 0 aliphatic heterocycles. The van der Waals surface area contributed by atoms with E-state index in [2.05, 4.69) is 19.2 Å². The summed E-state index contributed by atoms with van der Waals surface area (Å²) in [5.41, 5.74) is 0.503. The lowest BCUT2D eigenvalue weighted by molar-refractivity contribution is 0.341. The predicted molar refractivity (Wildman–Crippen MR) is 101 cm³/mol. The molecule has 25 heavy (non-hydrogen) atoms. The monoisotopic (exact) mass is 387 g/mol. The first kappa shape index (κ1) is 20.2. The first-order chi connectivity index (χ1) is 11.5. The van der Waals surface area contributed by atoms with Crippen LogP contribution in [0.4, 0.5) is 5.69 Å². The first-order valence-electron chi connectivity index (χ1n) is 8.79. The Morgan fingerprint density at radius 3 is 2.20 bits per heavy atom. The Morgan fingerprint density at radius 1 is 0.960 bits per heavy atom. The quantitative estimate of drug-likeness (QED) is 0.782. The summed E-state index contributed by atoms with van der Waals surface area (Å²) in [6, 6.07) is 4.53. The first-order valence-corrected chi connectivity index (χ1v) is 12.6. The van der Waals surface area contributed by atoms with Crippen LogP contribution in [0.2, 0.25) is 0 Å². The molecule has 5 nitrogen and oxygen atoms in total. The maximum atomic E-state index is 12.1. The number of anilines is 1. The molecule has 2 unspecified atom stereocenters. The number of sulfone groups is 2. The zero-order valence-electron chi connectivity index (χ0n) is 15.4. The summed E-state index contributed by atoms with van der Waals surface area (Å²) in [7, 11) is -6.98. The van der Waals surface area contributed by atoms with Gasteiger partial charge in [0.1, 0.15) is 0 Å². The highest BCUT2D eigenvalue weighted by Crippen LogP contribution is 2.32. The summed E-state index contributed by atoms with van der Waals surface area (Å²) in [4.78, 5) is 0.0827. The third kappa shape index (κ3) is 5.45. The fraction of sp³-hybridized carbons (Fsp3) is 0.667. The van der Waals surface area contributed by atoms with Crippen molar-refractivity contribution >= 4 is 25.4 Å². The molecular formula is C18H29NO4S2. The van der Waals surface area contributed by atoms with E-state index >= 15 is 0 Å². The summed E-state index contributed by atoms with van der Waals surface area (Å²) < 4.78 is 47.8. The molecule has 0 aromatic heterocycles. The lowest BCUT2D eigenvalue weighted by Gasteiger charge is -2.21. The van der Waals surface area contributed by atoms with Crippen LogP contribution >= 0.6 is 0 Å². The van der Waals surface area contributed by atoms with E-state index in [-0.39, 0.29) is 15.8 Å². The van der Waals surface area contributed by atoms with E-state index in [1.54, 1.807) is 6.07 Å². The van der Waals surface area contributed by atoms with Gasteiger partial charge < -0.3 is 5.32 Å². The van der Waals surface area contributed by atoms with Gasteiger partial charge in [0, 0.05) is 18.6 Å². The van der Waals surface area contributed by atoms with Gasteiger partial charge in [-0.2, -0.15) is 0 Å². The molecule has 1 aromatic rings. The van der Waals surface area contributed by atoms with Crippen molar-refractivity contribution < 1.29 is 16.8 Å². The summed E-state index contributed by atoms with van der Waals surface area (Å²) >= 11 is 0. The Labute approximate surface area is 152 Å². The largest absolute Gasteiger partial charge is 0.381 e. The Morgan fingerprint density at radius 2 is 1.64 bits per heavy atom. The second-order valence-electron chi connectivity index (χ2n) is 7.56. The summed E-state index contributed by atoms with van der Waals surface area (Å²) in [5.74, 6) is 1.38. The van der Waals surface area contributed by atoms with Crippen LogP contribution in [0.15, 0.2) is 28.0 Å². The van der Waals surface area contributed by atoms with E-state index in [0.29, 0.717) is 17.5 Å². The summed E-state index contributed by atoms with van der Waals surface area (Å²) in [5, 5.41) is 3.36. The van der Waals surface area contributed by atoms with E-state index in [1.807, 2.05) is 0 Å². The fourth-order valence-electron chi connectivity index (χ4n) is 3.52. The third-order valence-electron chi connectivity index (χ3n) is 5.10. The summed E-state index contributed by atoms with van der Waals surface area (Å²) in [6.45, 7) is 4.51. The van der Waals surface area contributed by atoms with Crippen molar-refractivity contribution in [2.24, 2.45) is 11.8 Å². The minimum atomic E-state index is -3.53. The molecule has 0 amide bonds. The third-order valence-corrected chi connectivity index (χ3v) is 7.34. The molecular weight excluding hydrogens is 358 g/mol. The molecule has 1 N–H and O–H groups in total. The Hall–Kier alpha value is -1.08. The zero-order valence-corrected chi connectivity index (χ0v) is 17.1. The molecule has 0 radical (unpaired) electrons. The van der Waals surface area contributed by atoms with Crippen LogP contribution in [-0.4, -0.2) is 35.4 Å². The average Bonchev–Trinajstić information content (AvgIpc) is 2.71. The Balaban J connectivity index is 2.27. The van der Waals surface area contributed by atoms with Crippen LogP contribution in [0.1, 0.15) is 46.0 Å². The van der Waals surface area contributed by atoms with Crippen molar-refractivity contribution in [1.29, 1.82) is 0 Å². The molecule has 0 bridgehead atoms. The van der Waals surface area contributed by atoms with Crippen molar-refractivity contribution in [3.63, 3.8) is 0 Å². The highest BCUT2D eigenvalue weighted by Gasteiger charge is 2.23. The lowest BCUT2D eigenvalue weighted by Crippen LogP contribution is -2.20. The highest BCUT2D eigenvalue weighted by molar-refractivity contribution is 7.91. The number of rotatable bonds is 5. The maximum Gasteiger partial charge on any atom is 0.177 e. The van der Waals surface area contributed by atoms with Gasteiger partial charge in [-0.1, -0.05) is 26.7 Å². The number of nitrogens with one attached hydrogen (secondary N) is 1. The van der Waals surface area contributed by atoms with Gasteiger partial charge in [0.2, 0.25) is 0 Å². The molecule has 1 fully saturated rings. The number of benzene rings is 1. The number of hydrogen-bond acceptors (Lipinski definition) is 5. The van der Waals surface area contributed by atoms with E-state index in [9.17, 15) is 16.8 Å². The predicted octanol–water partition coefficient (Wildman–Crippen LogP) is 3.51. The van der Waals surface area contributed by atoms with Crippen LogP contribution in [0.3, 0.4) is 0 Å². The molecule has 0 spiro atoms. The van der Waals surface area contributed by atoms with Crippen LogP contribution in [-0.2, 0) is 19.7 Å². The van der Waals surface area contributed by atoms with Gasteiger partial charge in [-0.25, -0.2) is 16.8 Å².